The molecule has 0 aliphatic carbocycles. The van der Waals surface area contributed by atoms with Gasteiger partial charge in [-0.25, -0.2) is 0 Å². The summed E-state index contributed by atoms with van der Waals surface area (Å²) in [6, 6.07) is 23.1. The lowest BCUT2D eigenvalue weighted by atomic mass is 9.97. The molecule has 13 nitrogen and oxygen atoms in total. The Hall–Kier alpha value is -4.50. The maximum Gasteiger partial charge on any atom is 0.320 e. The largest absolute Gasteiger partial charge is 0.497 e. The van der Waals surface area contributed by atoms with Gasteiger partial charge >= 0.3 is 11.9 Å². The third-order valence-electron chi connectivity index (χ3n) is 12.5. The molecule has 0 spiro atoms. The SMILES string of the molecule is CCCC=CCCCCCCCCCCCCCO[C@H]1O[C@H](COCc2ccc(OC)cc2)[C@H](OCCC(C(=O)OC(C)(C)C)C(=O)OC(C)(C)C)[C@H](OCc2ccc(OC)cc2)[C@H]1OCc1ccc(OC)cc1. The molecule has 3 aromatic carbocycles. The van der Waals surface area contributed by atoms with Crippen LogP contribution in [0.3, 0.4) is 0 Å². The lowest BCUT2D eigenvalue weighted by Gasteiger charge is -2.46. The van der Waals surface area contributed by atoms with Gasteiger partial charge in [-0.3, -0.25) is 9.59 Å². The van der Waals surface area contributed by atoms with Crippen LogP contribution in [0, 0.1) is 5.92 Å². The van der Waals surface area contributed by atoms with Gasteiger partial charge in [0.2, 0.25) is 0 Å². The van der Waals surface area contributed by atoms with Gasteiger partial charge in [-0.1, -0.05) is 120 Å². The highest BCUT2D eigenvalue weighted by Gasteiger charge is 2.49. The van der Waals surface area contributed by atoms with Gasteiger partial charge in [0.1, 0.15) is 52.9 Å². The van der Waals surface area contributed by atoms with Crippen molar-refractivity contribution < 1.29 is 61.7 Å². The summed E-state index contributed by atoms with van der Waals surface area (Å²) in [6.07, 6.45) is 17.6. The molecule has 0 amide bonds. The van der Waals surface area contributed by atoms with Crippen LogP contribution in [-0.2, 0) is 67.3 Å². The number of hydrogen-bond donors (Lipinski definition) is 0. The maximum atomic E-state index is 13.7. The summed E-state index contributed by atoms with van der Waals surface area (Å²) >= 11 is 0. The molecule has 13 heteroatoms. The first kappa shape index (κ1) is 62.0. The lowest BCUT2D eigenvalue weighted by molar-refractivity contribution is -0.327. The molecule has 1 aliphatic heterocycles. The average molecular weight is 1030 g/mol. The second kappa shape index (κ2) is 34.2. The maximum absolute atomic E-state index is 13.7. The molecule has 0 bridgehead atoms. The number of benzene rings is 3. The summed E-state index contributed by atoms with van der Waals surface area (Å²) in [5.74, 6) is -0.435. The molecule has 0 radical (unpaired) electrons. The molecule has 1 heterocycles. The van der Waals surface area contributed by atoms with E-state index < -0.39 is 59.8 Å². The van der Waals surface area contributed by atoms with E-state index in [0.29, 0.717) is 6.61 Å². The van der Waals surface area contributed by atoms with E-state index in [0.717, 1.165) is 53.2 Å². The van der Waals surface area contributed by atoms with Crippen molar-refractivity contribution in [2.24, 2.45) is 5.92 Å². The van der Waals surface area contributed by atoms with Gasteiger partial charge in [0.15, 0.2) is 12.2 Å². The first-order chi connectivity index (χ1) is 35.6. The van der Waals surface area contributed by atoms with Crippen molar-refractivity contribution in [2.45, 2.75) is 207 Å². The van der Waals surface area contributed by atoms with E-state index in [1.54, 1.807) is 62.9 Å². The fraction of sp³-hybridized carbons (Fsp3) is 0.639. The third kappa shape index (κ3) is 24.4. The van der Waals surface area contributed by atoms with Crippen molar-refractivity contribution in [3.63, 3.8) is 0 Å². The van der Waals surface area contributed by atoms with Crippen LogP contribution in [-0.4, -0.2) is 95.0 Å². The Bertz CT molecular complexity index is 1960. The minimum Gasteiger partial charge on any atom is -0.497 e. The molecule has 0 N–H and O–H groups in total. The molecule has 3 aromatic rings. The van der Waals surface area contributed by atoms with Gasteiger partial charge in [0.25, 0.3) is 0 Å². The Kier molecular flexibility index (Phi) is 28.7. The van der Waals surface area contributed by atoms with E-state index in [2.05, 4.69) is 19.1 Å². The predicted molar refractivity (Wildman–Crippen MR) is 289 cm³/mol. The Labute approximate surface area is 444 Å². The number of carbonyl (C=O) groups excluding carboxylic acids is 2. The highest BCUT2D eigenvalue weighted by atomic mass is 16.7. The molecule has 0 saturated carbocycles. The molecular weight excluding hydrogens is 941 g/mol. The topological polar surface area (TPSA) is 136 Å². The van der Waals surface area contributed by atoms with Crippen LogP contribution in [0.15, 0.2) is 84.9 Å². The van der Waals surface area contributed by atoms with Gasteiger partial charge in [-0.05, 0) is 127 Å². The summed E-state index contributed by atoms with van der Waals surface area (Å²) in [7, 11) is 4.90. The summed E-state index contributed by atoms with van der Waals surface area (Å²) in [6.45, 7) is 14.0. The molecule has 0 aromatic heterocycles. The number of allylic oxidation sites excluding steroid dienone is 2. The number of hydrogen-bond acceptors (Lipinski definition) is 13. The normalized spacial score (nSPS) is 18.2. The van der Waals surface area contributed by atoms with Gasteiger partial charge in [-0.15, -0.1) is 0 Å². The van der Waals surface area contributed by atoms with E-state index in [4.69, 9.17) is 52.1 Å². The van der Waals surface area contributed by atoms with E-state index in [1.165, 1.54) is 70.6 Å². The van der Waals surface area contributed by atoms with Crippen LogP contribution in [0.2, 0.25) is 0 Å². The number of esters is 2. The minimum atomic E-state index is -1.25. The second-order valence-electron chi connectivity index (χ2n) is 21.2. The Morgan fingerprint density at radius 3 is 1.41 bits per heavy atom. The molecule has 414 valence electrons. The monoisotopic (exact) mass is 1030 g/mol. The lowest BCUT2D eigenvalue weighted by Crippen LogP contribution is -2.62. The number of rotatable bonds is 36. The van der Waals surface area contributed by atoms with Crippen molar-refractivity contribution >= 4 is 11.9 Å². The van der Waals surface area contributed by atoms with Gasteiger partial charge in [0, 0.05) is 13.2 Å². The van der Waals surface area contributed by atoms with Crippen molar-refractivity contribution in [1.29, 1.82) is 0 Å². The van der Waals surface area contributed by atoms with Crippen LogP contribution < -0.4 is 14.2 Å². The number of methoxy groups -OCH3 is 3. The molecule has 5 atom stereocenters. The summed E-state index contributed by atoms with van der Waals surface area (Å²) in [5.41, 5.74) is 1.08. The molecular formula is C61H92O13. The van der Waals surface area contributed by atoms with Gasteiger partial charge in [0.05, 0.1) is 47.8 Å². The standard InChI is InChI=1S/C61H92O13/c1-11-12-13-14-15-16-17-18-19-20-21-22-23-24-25-26-40-69-59-56(71-44-48-31-37-51(66-10)38-32-48)55(70-43-47-29-35-50(65-9)36-30-47)54(53(72-59)45-67-42-46-27-33-49(64-8)34-28-46)68-41-39-52(57(62)73-60(2,3)4)58(63)74-61(5,6)7/h13-14,27-38,52-56,59H,11-12,15-26,39-45H2,1-10H3/t53-,54+,55+,56-,59+/m1/s1. The summed E-state index contributed by atoms with van der Waals surface area (Å²) in [4.78, 5) is 27.3. The van der Waals surface area contributed by atoms with Gasteiger partial charge in [-0.2, -0.15) is 0 Å². The Morgan fingerprint density at radius 1 is 0.514 bits per heavy atom. The fourth-order valence-electron chi connectivity index (χ4n) is 8.51. The van der Waals surface area contributed by atoms with Crippen molar-refractivity contribution in [1.82, 2.24) is 0 Å². The van der Waals surface area contributed by atoms with Crippen molar-refractivity contribution in [3.05, 3.63) is 102 Å². The fourth-order valence-corrected chi connectivity index (χ4v) is 8.51. The van der Waals surface area contributed by atoms with Crippen LogP contribution in [0.1, 0.15) is 161 Å². The number of unbranched alkanes of at least 4 members (excludes halogenated alkanes) is 12. The summed E-state index contributed by atoms with van der Waals surface area (Å²) in [5, 5.41) is 0. The molecule has 4 rings (SSSR count). The van der Waals surface area contributed by atoms with Crippen LogP contribution in [0.5, 0.6) is 17.2 Å². The van der Waals surface area contributed by atoms with Crippen LogP contribution >= 0.6 is 0 Å². The number of carbonyl (C=O) groups is 2. The molecule has 0 unspecified atom stereocenters. The van der Waals surface area contributed by atoms with Crippen LogP contribution in [0.25, 0.3) is 0 Å². The highest BCUT2D eigenvalue weighted by molar-refractivity contribution is 5.95. The molecule has 1 saturated heterocycles. The third-order valence-corrected chi connectivity index (χ3v) is 12.5. The second-order valence-corrected chi connectivity index (χ2v) is 21.2. The zero-order valence-corrected chi connectivity index (χ0v) is 46.7. The molecule has 1 aliphatic rings. The first-order valence-corrected chi connectivity index (χ1v) is 27.3. The molecule has 74 heavy (non-hydrogen) atoms. The molecule has 1 fully saturated rings. The van der Waals surface area contributed by atoms with Crippen molar-refractivity contribution in [2.75, 3.05) is 41.2 Å². The van der Waals surface area contributed by atoms with Crippen molar-refractivity contribution in [3.8, 4) is 17.2 Å². The highest BCUT2D eigenvalue weighted by Crippen LogP contribution is 2.33. The van der Waals surface area contributed by atoms with E-state index >= 15 is 0 Å². The van der Waals surface area contributed by atoms with E-state index in [1.807, 2.05) is 72.8 Å². The Balaban J connectivity index is 1.56. The minimum absolute atomic E-state index is 0.0283. The zero-order valence-electron chi connectivity index (χ0n) is 46.7. The van der Waals surface area contributed by atoms with Crippen LogP contribution in [0.4, 0.5) is 0 Å². The first-order valence-electron chi connectivity index (χ1n) is 27.3. The smallest absolute Gasteiger partial charge is 0.320 e. The summed E-state index contributed by atoms with van der Waals surface area (Å²) < 4.78 is 68.4. The zero-order chi connectivity index (χ0) is 53.6. The van der Waals surface area contributed by atoms with Gasteiger partial charge < -0.3 is 52.1 Å². The average Bonchev–Trinajstić information content (AvgIpc) is 3.37. The van der Waals surface area contributed by atoms with E-state index in [-0.39, 0.29) is 39.5 Å². The quantitative estimate of drug-likeness (QED) is 0.0237. The Morgan fingerprint density at radius 2 is 0.946 bits per heavy atom. The van der Waals surface area contributed by atoms with E-state index in [9.17, 15) is 9.59 Å². The number of ether oxygens (including phenoxy) is 11. The predicted octanol–water partition coefficient (Wildman–Crippen LogP) is 13.3.